The van der Waals surface area contributed by atoms with Gasteiger partial charge in [-0.15, -0.1) is 0 Å². The van der Waals surface area contributed by atoms with E-state index < -0.39 is 0 Å². The predicted octanol–water partition coefficient (Wildman–Crippen LogP) is 3.23. The van der Waals surface area contributed by atoms with E-state index in [-0.39, 0.29) is 23.3 Å². The summed E-state index contributed by atoms with van der Waals surface area (Å²) in [5, 5.41) is 10.0. The average molecular weight is 420 g/mol. The molecule has 2 N–H and O–H groups in total. The summed E-state index contributed by atoms with van der Waals surface area (Å²) >= 11 is 0. The standard InChI is InChI=1S/C23H24N4O4/c1-27-23(29)21(20(15-25-27)31-18-9-3-2-4-10-18)26-17-8-5-7-16(13-17)22(28)24-14-19-11-6-12-30-19/h2-5,7-10,13,15,19,26H,6,11-12,14H2,1H3,(H,24,28)/t19-/m1/s1. The lowest BCUT2D eigenvalue weighted by Gasteiger charge is -2.14. The van der Waals surface area contributed by atoms with Gasteiger partial charge in [-0.05, 0) is 43.2 Å². The minimum absolute atomic E-state index is 0.0720. The first kappa shape index (κ1) is 20.6. The largest absolute Gasteiger partial charge is 0.453 e. The number of benzene rings is 2. The quantitative estimate of drug-likeness (QED) is 0.610. The second-order valence-electron chi connectivity index (χ2n) is 7.28. The highest BCUT2D eigenvalue weighted by Gasteiger charge is 2.17. The van der Waals surface area contributed by atoms with Crippen molar-refractivity contribution in [3.05, 3.63) is 76.7 Å². The van der Waals surface area contributed by atoms with Crippen molar-refractivity contribution in [1.29, 1.82) is 0 Å². The first-order valence-corrected chi connectivity index (χ1v) is 10.2. The number of ether oxygens (including phenoxy) is 2. The highest BCUT2D eigenvalue weighted by Crippen LogP contribution is 2.28. The molecule has 0 saturated carbocycles. The molecule has 8 nitrogen and oxygen atoms in total. The molecule has 160 valence electrons. The van der Waals surface area contributed by atoms with Crippen LogP contribution in [0.1, 0.15) is 23.2 Å². The Morgan fingerprint density at radius 1 is 1.23 bits per heavy atom. The number of amides is 1. The molecule has 1 aliphatic rings. The van der Waals surface area contributed by atoms with Crippen LogP contribution >= 0.6 is 0 Å². The Kier molecular flexibility index (Phi) is 6.28. The van der Waals surface area contributed by atoms with E-state index in [9.17, 15) is 9.59 Å². The number of carbonyl (C=O) groups excluding carboxylic acids is 1. The molecule has 1 fully saturated rings. The molecule has 0 bridgehead atoms. The zero-order chi connectivity index (χ0) is 21.6. The summed E-state index contributed by atoms with van der Waals surface area (Å²) in [7, 11) is 1.56. The molecule has 0 spiro atoms. The molecule has 1 aromatic heterocycles. The Hall–Kier alpha value is -3.65. The average Bonchev–Trinajstić information content (AvgIpc) is 3.32. The topological polar surface area (TPSA) is 94.5 Å². The van der Waals surface area contributed by atoms with E-state index in [0.717, 1.165) is 19.4 Å². The number of hydrogen-bond acceptors (Lipinski definition) is 6. The fourth-order valence-electron chi connectivity index (χ4n) is 3.33. The van der Waals surface area contributed by atoms with E-state index in [1.165, 1.54) is 10.9 Å². The first-order valence-electron chi connectivity index (χ1n) is 10.2. The molecule has 3 aromatic rings. The second kappa shape index (κ2) is 9.44. The fraction of sp³-hybridized carbons (Fsp3) is 0.261. The number of hydrogen-bond donors (Lipinski definition) is 2. The Labute approximate surface area is 179 Å². The maximum absolute atomic E-state index is 12.7. The number of rotatable bonds is 7. The third kappa shape index (κ3) is 5.10. The van der Waals surface area contributed by atoms with Crippen molar-refractivity contribution in [3.63, 3.8) is 0 Å². The van der Waals surface area contributed by atoms with E-state index in [1.54, 1.807) is 43.4 Å². The fourth-order valence-corrected chi connectivity index (χ4v) is 3.33. The summed E-state index contributed by atoms with van der Waals surface area (Å²) < 4.78 is 12.6. The lowest BCUT2D eigenvalue weighted by molar-refractivity contribution is 0.0858. The summed E-state index contributed by atoms with van der Waals surface area (Å²) in [6.07, 6.45) is 3.53. The molecular formula is C23H24N4O4. The van der Waals surface area contributed by atoms with Crippen LogP contribution < -0.4 is 20.9 Å². The van der Waals surface area contributed by atoms with Crippen molar-refractivity contribution >= 4 is 17.3 Å². The van der Waals surface area contributed by atoms with Crippen LogP contribution in [-0.2, 0) is 11.8 Å². The van der Waals surface area contributed by atoms with Crippen LogP contribution in [0, 0.1) is 0 Å². The lowest BCUT2D eigenvalue weighted by atomic mass is 10.1. The Morgan fingerprint density at radius 2 is 2.06 bits per heavy atom. The zero-order valence-corrected chi connectivity index (χ0v) is 17.2. The van der Waals surface area contributed by atoms with Crippen LogP contribution in [-0.4, -0.2) is 34.9 Å². The smallest absolute Gasteiger partial charge is 0.294 e. The van der Waals surface area contributed by atoms with Gasteiger partial charge >= 0.3 is 0 Å². The van der Waals surface area contributed by atoms with Gasteiger partial charge in [-0.2, -0.15) is 5.10 Å². The summed E-state index contributed by atoms with van der Waals surface area (Å²) in [4.78, 5) is 25.3. The Balaban J connectivity index is 1.53. The van der Waals surface area contributed by atoms with Gasteiger partial charge in [0.2, 0.25) is 0 Å². The van der Waals surface area contributed by atoms with Crippen molar-refractivity contribution in [1.82, 2.24) is 15.1 Å². The summed E-state index contributed by atoms with van der Waals surface area (Å²) in [5.74, 6) is 0.688. The van der Waals surface area contributed by atoms with Crippen LogP contribution in [0.5, 0.6) is 11.5 Å². The Bertz CT molecular complexity index is 1110. The van der Waals surface area contributed by atoms with Gasteiger partial charge in [-0.1, -0.05) is 24.3 Å². The molecule has 4 rings (SSSR count). The van der Waals surface area contributed by atoms with Crippen LogP contribution in [0.15, 0.2) is 65.6 Å². The molecule has 1 atom stereocenters. The van der Waals surface area contributed by atoms with Crippen LogP contribution in [0.2, 0.25) is 0 Å². The summed E-state index contributed by atoms with van der Waals surface area (Å²) in [6, 6.07) is 16.1. The maximum atomic E-state index is 12.7. The number of para-hydroxylation sites is 1. The number of aromatic nitrogens is 2. The normalized spacial score (nSPS) is 15.5. The van der Waals surface area contributed by atoms with Crippen molar-refractivity contribution in [3.8, 4) is 11.5 Å². The van der Waals surface area contributed by atoms with E-state index in [4.69, 9.17) is 9.47 Å². The highest BCUT2D eigenvalue weighted by atomic mass is 16.5. The van der Waals surface area contributed by atoms with Gasteiger partial charge in [0.05, 0.1) is 12.3 Å². The van der Waals surface area contributed by atoms with Gasteiger partial charge in [0.1, 0.15) is 5.75 Å². The molecule has 8 heteroatoms. The number of nitrogens with one attached hydrogen (secondary N) is 2. The number of aryl methyl sites for hydroxylation is 1. The molecule has 1 aliphatic heterocycles. The van der Waals surface area contributed by atoms with E-state index in [2.05, 4.69) is 15.7 Å². The molecule has 0 aliphatic carbocycles. The minimum atomic E-state index is -0.346. The van der Waals surface area contributed by atoms with Gasteiger partial charge in [0, 0.05) is 31.5 Å². The van der Waals surface area contributed by atoms with Crippen molar-refractivity contribution in [2.75, 3.05) is 18.5 Å². The van der Waals surface area contributed by atoms with Crippen LogP contribution in [0.4, 0.5) is 11.4 Å². The molecule has 1 saturated heterocycles. The monoisotopic (exact) mass is 420 g/mol. The van der Waals surface area contributed by atoms with E-state index in [0.29, 0.717) is 29.3 Å². The van der Waals surface area contributed by atoms with Gasteiger partial charge in [0.15, 0.2) is 11.4 Å². The third-order valence-corrected chi connectivity index (χ3v) is 4.98. The van der Waals surface area contributed by atoms with Gasteiger partial charge in [-0.25, -0.2) is 4.68 Å². The number of anilines is 2. The van der Waals surface area contributed by atoms with Crippen LogP contribution in [0.25, 0.3) is 0 Å². The predicted molar refractivity (Wildman–Crippen MR) is 117 cm³/mol. The van der Waals surface area contributed by atoms with Crippen LogP contribution in [0.3, 0.4) is 0 Å². The molecule has 0 unspecified atom stereocenters. The molecule has 2 aromatic carbocycles. The summed E-state index contributed by atoms with van der Waals surface area (Å²) in [5.41, 5.74) is 0.963. The molecule has 0 radical (unpaired) electrons. The van der Waals surface area contributed by atoms with Gasteiger partial charge < -0.3 is 20.1 Å². The van der Waals surface area contributed by atoms with Crippen molar-refractivity contribution in [2.45, 2.75) is 18.9 Å². The molecule has 1 amide bonds. The summed E-state index contributed by atoms with van der Waals surface area (Å²) in [6.45, 7) is 1.23. The van der Waals surface area contributed by atoms with E-state index in [1.807, 2.05) is 18.2 Å². The third-order valence-electron chi connectivity index (χ3n) is 4.98. The number of carbonyl (C=O) groups is 1. The van der Waals surface area contributed by atoms with Crippen molar-refractivity contribution in [2.24, 2.45) is 7.05 Å². The van der Waals surface area contributed by atoms with E-state index >= 15 is 0 Å². The molecule has 31 heavy (non-hydrogen) atoms. The number of nitrogens with zero attached hydrogens (tertiary/aromatic N) is 2. The first-order chi connectivity index (χ1) is 15.1. The minimum Gasteiger partial charge on any atom is -0.453 e. The SMILES string of the molecule is Cn1ncc(Oc2ccccc2)c(Nc2cccc(C(=O)NC[C@H]3CCCO3)c2)c1=O. The molecular weight excluding hydrogens is 396 g/mol. The Morgan fingerprint density at radius 3 is 2.84 bits per heavy atom. The molecule has 2 heterocycles. The lowest BCUT2D eigenvalue weighted by Crippen LogP contribution is -2.31. The van der Waals surface area contributed by atoms with Crippen molar-refractivity contribution < 1.29 is 14.3 Å². The highest BCUT2D eigenvalue weighted by molar-refractivity contribution is 5.95. The van der Waals surface area contributed by atoms with Gasteiger partial charge in [0.25, 0.3) is 11.5 Å². The second-order valence-corrected chi connectivity index (χ2v) is 7.28. The van der Waals surface area contributed by atoms with Gasteiger partial charge in [-0.3, -0.25) is 9.59 Å². The maximum Gasteiger partial charge on any atom is 0.294 e. The zero-order valence-electron chi connectivity index (χ0n) is 17.2.